The van der Waals surface area contributed by atoms with Crippen molar-refractivity contribution in [3.63, 3.8) is 0 Å². The van der Waals surface area contributed by atoms with E-state index < -0.39 is 28.7 Å². The Labute approximate surface area is 145 Å². The second kappa shape index (κ2) is 5.30. The van der Waals surface area contributed by atoms with Gasteiger partial charge in [0.1, 0.15) is 28.4 Å². The number of nitrogens with zero attached hydrogens (tertiary/aromatic N) is 4. The Morgan fingerprint density at radius 2 is 1.62 bits per heavy atom. The summed E-state index contributed by atoms with van der Waals surface area (Å²) in [6, 6.07) is 8.09. The van der Waals surface area contributed by atoms with Gasteiger partial charge in [-0.25, -0.2) is 13.8 Å². The van der Waals surface area contributed by atoms with Crippen molar-refractivity contribution < 1.29 is 17.6 Å². The monoisotopic (exact) mass is 360 g/mol. The highest BCUT2D eigenvalue weighted by Crippen LogP contribution is 2.47. The van der Waals surface area contributed by atoms with Gasteiger partial charge in [-0.1, -0.05) is 12.1 Å². The van der Waals surface area contributed by atoms with Gasteiger partial charge in [0.15, 0.2) is 0 Å². The van der Waals surface area contributed by atoms with E-state index in [-0.39, 0.29) is 17.1 Å². The molecule has 8 heteroatoms. The van der Waals surface area contributed by atoms with E-state index in [0.717, 1.165) is 6.07 Å². The summed E-state index contributed by atoms with van der Waals surface area (Å²) in [5, 5.41) is 7.91. The Hall–Kier alpha value is -2.90. The van der Waals surface area contributed by atoms with Gasteiger partial charge in [-0.15, -0.1) is 10.2 Å². The van der Waals surface area contributed by atoms with Crippen LogP contribution in [0.1, 0.15) is 30.8 Å². The fourth-order valence-electron chi connectivity index (χ4n) is 2.95. The molecule has 2 aromatic carbocycles. The van der Waals surface area contributed by atoms with Crippen LogP contribution in [0.4, 0.5) is 17.6 Å². The highest BCUT2D eigenvalue weighted by molar-refractivity contribution is 6.13. The lowest BCUT2D eigenvalue weighted by molar-refractivity contribution is -0.0711. The van der Waals surface area contributed by atoms with Crippen LogP contribution in [0.2, 0.25) is 0 Å². The highest BCUT2D eigenvalue weighted by atomic mass is 19.3. The highest BCUT2D eigenvalue weighted by Gasteiger charge is 2.55. The van der Waals surface area contributed by atoms with Crippen LogP contribution < -0.4 is 0 Å². The molecular formula is C18H12F4N4. The minimum atomic E-state index is -3.63. The lowest BCUT2D eigenvalue weighted by Crippen LogP contribution is -2.45. The summed E-state index contributed by atoms with van der Waals surface area (Å²) in [6.45, 7) is 2.35. The van der Waals surface area contributed by atoms with Gasteiger partial charge in [-0.05, 0) is 32.0 Å². The van der Waals surface area contributed by atoms with Crippen LogP contribution in [0, 0.1) is 11.6 Å². The Kier molecular flexibility index (Phi) is 3.37. The third-order valence-electron chi connectivity index (χ3n) is 4.36. The normalized spacial score (nSPS) is 17.7. The van der Waals surface area contributed by atoms with Crippen molar-refractivity contribution >= 4 is 16.7 Å². The summed E-state index contributed by atoms with van der Waals surface area (Å²) in [5.74, 6) is -6.02. The molecule has 0 fully saturated rings. The van der Waals surface area contributed by atoms with Crippen molar-refractivity contribution in [1.82, 2.24) is 15.2 Å². The van der Waals surface area contributed by atoms with Crippen molar-refractivity contribution in [3.8, 4) is 0 Å². The van der Waals surface area contributed by atoms with Gasteiger partial charge in [0.2, 0.25) is 5.82 Å². The van der Waals surface area contributed by atoms with E-state index >= 15 is 0 Å². The summed E-state index contributed by atoms with van der Waals surface area (Å²) in [6.07, 6.45) is 0. The van der Waals surface area contributed by atoms with Crippen LogP contribution in [0.3, 0.4) is 0 Å². The number of fused-ring (bicyclic) bond motifs is 2. The van der Waals surface area contributed by atoms with Gasteiger partial charge in [-0.2, -0.15) is 8.78 Å². The van der Waals surface area contributed by atoms with Gasteiger partial charge < -0.3 is 0 Å². The van der Waals surface area contributed by atoms with Crippen molar-refractivity contribution in [2.24, 2.45) is 4.99 Å². The predicted molar refractivity (Wildman–Crippen MR) is 87.3 cm³/mol. The summed E-state index contributed by atoms with van der Waals surface area (Å²) in [7, 11) is 0. The van der Waals surface area contributed by atoms with Crippen LogP contribution in [0.25, 0.3) is 11.0 Å². The molecule has 4 rings (SSSR count). The number of aliphatic imine (C=N–C) groups is 1. The Balaban J connectivity index is 2.03. The second-order valence-corrected chi connectivity index (χ2v) is 6.53. The molecule has 0 amide bonds. The smallest absolute Gasteiger partial charge is 0.268 e. The topological polar surface area (TPSA) is 51.0 Å². The zero-order chi connectivity index (χ0) is 18.7. The molecule has 3 aromatic rings. The third kappa shape index (κ3) is 2.28. The molecular weight excluding hydrogens is 348 g/mol. The number of alkyl halides is 2. The summed E-state index contributed by atoms with van der Waals surface area (Å²) < 4.78 is 57.6. The Morgan fingerprint density at radius 1 is 0.923 bits per heavy atom. The van der Waals surface area contributed by atoms with Crippen molar-refractivity contribution in [2.75, 3.05) is 0 Å². The average molecular weight is 360 g/mol. The molecule has 132 valence electrons. The number of hydrogen-bond donors (Lipinski definition) is 0. The molecule has 0 spiro atoms. The van der Waals surface area contributed by atoms with E-state index in [1.54, 1.807) is 24.3 Å². The second-order valence-electron chi connectivity index (χ2n) is 6.53. The van der Waals surface area contributed by atoms with E-state index in [9.17, 15) is 17.6 Å². The summed E-state index contributed by atoms with van der Waals surface area (Å²) in [5.41, 5.74) is -2.40. The minimum Gasteiger partial charge on any atom is -0.268 e. The van der Waals surface area contributed by atoms with Crippen LogP contribution in [0.5, 0.6) is 0 Å². The summed E-state index contributed by atoms with van der Waals surface area (Å²) >= 11 is 0. The maximum Gasteiger partial charge on any atom is 0.300 e. The van der Waals surface area contributed by atoms with Gasteiger partial charge in [0, 0.05) is 11.6 Å². The van der Waals surface area contributed by atoms with Crippen molar-refractivity contribution in [3.05, 3.63) is 65.0 Å². The fraction of sp³-hybridized carbons (Fsp3) is 0.222. The van der Waals surface area contributed by atoms with Crippen LogP contribution in [-0.2, 0) is 5.92 Å². The maximum absolute atomic E-state index is 14.8. The molecule has 1 aliphatic heterocycles. The molecule has 0 radical (unpaired) electrons. The number of halogens is 4. The van der Waals surface area contributed by atoms with Crippen LogP contribution >= 0.6 is 0 Å². The first-order chi connectivity index (χ1) is 12.2. The first-order valence-electron chi connectivity index (χ1n) is 7.78. The molecule has 0 bridgehead atoms. The first-order valence-corrected chi connectivity index (χ1v) is 7.78. The molecule has 0 unspecified atom stereocenters. The lowest BCUT2D eigenvalue weighted by Gasteiger charge is -2.36. The van der Waals surface area contributed by atoms with Gasteiger partial charge >= 0.3 is 5.92 Å². The standard InChI is InChI=1S/C18H12F4N4/c1-17(2)18(21,22)14-10(7-9(19)8-11(14)20)15(24-17)16-23-12-5-3-4-6-13(12)25-26-16/h3-8H,1-2H3. The molecule has 26 heavy (non-hydrogen) atoms. The lowest BCUT2D eigenvalue weighted by atomic mass is 9.82. The SMILES string of the molecule is CC1(C)N=C(c2nnc3ccccc3n2)c2cc(F)cc(F)c2C1(F)F. The van der Waals surface area contributed by atoms with E-state index in [0.29, 0.717) is 17.1 Å². The molecule has 2 heterocycles. The zero-order valence-electron chi connectivity index (χ0n) is 13.8. The third-order valence-corrected chi connectivity index (χ3v) is 4.36. The predicted octanol–water partition coefficient (Wildman–Crippen LogP) is 4.02. The molecule has 0 atom stereocenters. The van der Waals surface area contributed by atoms with E-state index in [4.69, 9.17) is 0 Å². The number of hydrogen-bond acceptors (Lipinski definition) is 4. The van der Waals surface area contributed by atoms with Crippen LogP contribution in [0.15, 0.2) is 41.4 Å². The molecule has 0 N–H and O–H groups in total. The van der Waals surface area contributed by atoms with E-state index in [2.05, 4.69) is 20.2 Å². The fourth-order valence-corrected chi connectivity index (χ4v) is 2.95. The zero-order valence-corrected chi connectivity index (χ0v) is 13.8. The largest absolute Gasteiger partial charge is 0.300 e. The quantitative estimate of drug-likeness (QED) is 0.616. The number of benzene rings is 2. The molecule has 4 nitrogen and oxygen atoms in total. The van der Waals surface area contributed by atoms with Crippen LogP contribution in [-0.4, -0.2) is 26.4 Å². The average Bonchev–Trinajstić information content (AvgIpc) is 2.57. The number of para-hydroxylation sites is 1. The number of aromatic nitrogens is 3. The molecule has 0 saturated carbocycles. The molecule has 0 saturated heterocycles. The van der Waals surface area contributed by atoms with Crippen molar-refractivity contribution in [2.45, 2.75) is 25.3 Å². The molecule has 1 aliphatic rings. The Morgan fingerprint density at radius 3 is 2.35 bits per heavy atom. The molecule has 1 aromatic heterocycles. The summed E-state index contributed by atoms with van der Waals surface area (Å²) in [4.78, 5) is 8.31. The number of rotatable bonds is 1. The Bertz CT molecular complexity index is 1080. The minimum absolute atomic E-state index is 0.0708. The van der Waals surface area contributed by atoms with Gasteiger partial charge in [0.05, 0.1) is 11.1 Å². The van der Waals surface area contributed by atoms with E-state index in [1.165, 1.54) is 13.8 Å². The van der Waals surface area contributed by atoms with Gasteiger partial charge in [0.25, 0.3) is 0 Å². The maximum atomic E-state index is 14.8. The molecule has 0 aliphatic carbocycles. The van der Waals surface area contributed by atoms with Crippen molar-refractivity contribution in [1.29, 1.82) is 0 Å². The first kappa shape index (κ1) is 16.6. The van der Waals surface area contributed by atoms with E-state index in [1.807, 2.05) is 0 Å². The van der Waals surface area contributed by atoms with Gasteiger partial charge in [-0.3, -0.25) is 4.99 Å².